The average molecular weight is 613 g/mol. The fraction of sp³-hybridized carbons (Fsp3) is 0.594. The Balaban J connectivity index is 1.32. The third-order valence-electron chi connectivity index (χ3n) is 9.70. The van der Waals surface area contributed by atoms with Gasteiger partial charge in [-0.3, -0.25) is 4.79 Å². The van der Waals surface area contributed by atoms with Gasteiger partial charge in [0.2, 0.25) is 5.91 Å². The molecule has 1 aliphatic carbocycles. The number of hydrogen-bond acceptors (Lipinski definition) is 4. The minimum atomic E-state index is -5.01. The molecule has 2 heterocycles. The van der Waals surface area contributed by atoms with Gasteiger partial charge in [0, 0.05) is 26.2 Å². The maximum Gasteiger partial charge on any atom is 0.416 e. The van der Waals surface area contributed by atoms with Gasteiger partial charge in [-0.05, 0) is 87.6 Å². The van der Waals surface area contributed by atoms with Crippen LogP contribution >= 0.6 is 0 Å². The van der Waals surface area contributed by atoms with Crippen LogP contribution in [0.5, 0.6) is 0 Å². The molecule has 1 spiro atoms. The van der Waals surface area contributed by atoms with E-state index in [2.05, 4.69) is 10.2 Å². The van der Waals surface area contributed by atoms with Crippen LogP contribution < -0.4 is 5.32 Å². The third kappa shape index (κ3) is 7.04. The van der Waals surface area contributed by atoms with Gasteiger partial charge in [-0.1, -0.05) is 30.3 Å². The van der Waals surface area contributed by atoms with Crippen LogP contribution in [-0.2, 0) is 27.4 Å². The van der Waals surface area contributed by atoms with Crippen LogP contribution in [0.4, 0.5) is 26.3 Å². The maximum atomic E-state index is 13.6. The number of likely N-dealkylation sites (tertiary alicyclic amines) is 1. The highest BCUT2D eigenvalue weighted by Gasteiger charge is 2.46. The number of β-amino-alcohol motifs (C(OH)–C–C–N with tert-alkyl or cyclic N) is 1. The van der Waals surface area contributed by atoms with Crippen molar-refractivity contribution in [2.24, 2.45) is 0 Å². The largest absolute Gasteiger partial charge is 0.416 e. The molecular weight excluding hydrogens is 574 g/mol. The van der Waals surface area contributed by atoms with Gasteiger partial charge >= 0.3 is 12.4 Å². The fourth-order valence-electron chi connectivity index (χ4n) is 6.95. The second-order valence-corrected chi connectivity index (χ2v) is 12.6. The van der Waals surface area contributed by atoms with Crippen molar-refractivity contribution in [3.05, 3.63) is 70.8 Å². The first kappa shape index (κ1) is 31.8. The Morgan fingerprint density at radius 3 is 2.00 bits per heavy atom. The van der Waals surface area contributed by atoms with Gasteiger partial charge in [-0.2, -0.15) is 26.3 Å². The van der Waals surface area contributed by atoms with E-state index >= 15 is 0 Å². The van der Waals surface area contributed by atoms with Gasteiger partial charge in [-0.15, -0.1) is 0 Å². The Morgan fingerprint density at radius 2 is 1.49 bits per heavy atom. The Hall–Kier alpha value is -2.63. The molecule has 1 saturated carbocycles. The van der Waals surface area contributed by atoms with Crippen LogP contribution in [0, 0.1) is 0 Å². The second-order valence-electron chi connectivity index (χ2n) is 12.6. The molecule has 3 fully saturated rings. The lowest BCUT2D eigenvalue weighted by atomic mass is 9.70. The Labute approximate surface area is 247 Å². The highest BCUT2D eigenvalue weighted by molar-refractivity contribution is 5.84. The number of carbonyl (C=O) groups excluding carboxylic acids is 1. The van der Waals surface area contributed by atoms with E-state index in [-0.39, 0.29) is 17.2 Å². The first-order chi connectivity index (χ1) is 20.1. The molecule has 2 N–H and O–H groups in total. The summed E-state index contributed by atoms with van der Waals surface area (Å²) in [5.41, 5.74) is -4.47. The van der Waals surface area contributed by atoms with Gasteiger partial charge in [0.1, 0.15) is 0 Å². The number of nitrogens with one attached hydrogen (secondary N) is 1. The molecule has 3 aliphatic rings. The number of carbonyl (C=O) groups is 1. The van der Waals surface area contributed by atoms with E-state index < -0.39 is 46.4 Å². The van der Waals surface area contributed by atoms with Gasteiger partial charge in [0.05, 0.1) is 33.8 Å². The lowest BCUT2D eigenvalue weighted by Crippen LogP contribution is -2.56. The minimum Gasteiger partial charge on any atom is -0.389 e. The molecule has 236 valence electrons. The minimum absolute atomic E-state index is 0.0321. The molecule has 43 heavy (non-hydrogen) atoms. The van der Waals surface area contributed by atoms with E-state index in [0.29, 0.717) is 44.4 Å². The van der Waals surface area contributed by atoms with Gasteiger partial charge in [0.15, 0.2) is 0 Å². The number of aliphatic hydroxyl groups is 1. The number of nitrogens with zero attached hydrogens (tertiary/aromatic N) is 1. The first-order valence-electron chi connectivity index (χ1n) is 14.9. The predicted octanol–water partition coefficient (Wildman–Crippen LogP) is 6.79. The van der Waals surface area contributed by atoms with Crippen LogP contribution in [-0.4, -0.2) is 53.4 Å². The monoisotopic (exact) mass is 612 g/mol. The van der Waals surface area contributed by atoms with Crippen molar-refractivity contribution in [3.8, 4) is 0 Å². The number of hydrogen-bond donors (Lipinski definition) is 2. The molecule has 11 heteroatoms. The highest BCUT2D eigenvalue weighted by Crippen LogP contribution is 2.44. The number of halogens is 6. The topological polar surface area (TPSA) is 61.8 Å². The number of amides is 1. The molecule has 2 saturated heterocycles. The number of ether oxygens (including phenoxy) is 1. The standard InChI is InChI=1S/C32H38F6N2O3/c1-22(23-18-25(31(33,34)35)20-26(19-23)32(36,37)38)27(41)39-30(24-6-3-2-4-7-24)11-9-28(42,10-12-30)21-40-15-13-29(14-16-40)8-5-17-43-29/h2-4,6-7,18-20,22,42H,5,8-17,21H2,1H3,(H,39,41)/t22-,28?,30?/m0/s1. The van der Waals surface area contributed by atoms with E-state index in [9.17, 15) is 36.2 Å². The summed E-state index contributed by atoms with van der Waals surface area (Å²) in [5, 5.41) is 14.6. The van der Waals surface area contributed by atoms with Crippen LogP contribution in [0.15, 0.2) is 48.5 Å². The van der Waals surface area contributed by atoms with E-state index in [1.807, 2.05) is 30.3 Å². The summed E-state index contributed by atoms with van der Waals surface area (Å²) in [5.74, 6) is -1.97. The molecule has 2 aromatic carbocycles. The smallest absolute Gasteiger partial charge is 0.389 e. The molecule has 5 rings (SSSR count). The van der Waals surface area contributed by atoms with E-state index in [1.54, 1.807) is 0 Å². The highest BCUT2D eigenvalue weighted by atomic mass is 19.4. The van der Waals surface area contributed by atoms with E-state index in [4.69, 9.17) is 4.74 Å². The first-order valence-corrected chi connectivity index (χ1v) is 14.9. The van der Waals surface area contributed by atoms with Crippen molar-refractivity contribution >= 4 is 5.91 Å². The molecule has 0 aromatic heterocycles. The summed E-state index contributed by atoms with van der Waals surface area (Å²) < 4.78 is 86.8. The summed E-state index contributed by atoms with van der Waals surface area (Å²) in [7, 11) is 0. The molecule has 2 aromatic rings. The lowest BCUT2D eigenvalue weighted by Gasteiger charge is -2.48. The lowest BCUT2D eigenvalue weighted by molar-refractivity contribution is -0.143. The molecule has 0 radical (unpaired) electrons. The number of alkyl halides is 6. The Morgan fingerprint density at radius 1 is 0.907 bits per heavy atom. The Kier molecular flexibility index (Phi) is 8.65. The zero-order valence-electron chi connectivity index (χ0n) is 24.2. The molecule has 1 amide bonds. The van der Waals surface area contributed by atoms with E-state index in [1.165, 1.54) is 6.92 Å². The Bertz CT molecular complexity index is 1240. The van der Waals surface area contributed by atoms with Crippen LogP contribution in [0.2, 0.25) is 0 Å². The summed E-state index contributed by atoms with van der Waals surface area (Å²) >= 11 is 0. The van der Waals surface area contributed by atoms with Crippen LogP contribution in [0.3, 0.4) is 0 Å². The van der Waals surface area contributed by atoms with Crippen molar-refractivity contribution in [2.75, 3.05) is 26.2 Å². The third-order valence-corrected chi connectivity index (χ3v) is 9.70. The molecule has 0 bridgehead atoms. The number of benzene rings is 2. The quantitative estimate of drug-likeness (QED) is 0.353. The molecule has 2 aliphatic heterocycles. The van der Waals surface area contributed by atoms with Crippen molar-refractivity contribution in [1.82, 2.24) is 10.2 Å². The SMILES string of the molecule is C[C@H](C(=O)NC1(c2ccccc2)CCC(O)(CN2CCC3(CCCO3)CC2)CC1)c1cc(C(F)(F)F)cc(C(F)(F)F)c1. The summed E-state index contributed by atoms with van der Waals surface area (Å²) in [6.07, 6.45) is -4.55. The second kappa shape index (κ2) is 11.7. The molecule has 1 atom stereocenters. The van der Waals surface area contributed by atoms with Gasteiger partial charge in [0.25, 0.3) is 0 Å². The normalized spacial score (nSPS) is 27.3. The van der Waals surface area contributed by atoms with Crippen LogP contribution in [0.1, 0.15) is 86.5 Å². The number of rotatable bonds is 6. The van der Waals surface area contributed by atoms with Crippen molar-refractivity contribution in [3.63, 3.8) is 0 Å². The number of piperidine rings is 1. The molecule has 5 nitrogen and oxygen atoms in total. The zero-order chi connectivity index (χ0) is 31.1. The summed E-state index contributed by atoms with van der Waals surface area (Å²) in [6.45, 7) is 4.25. The maximum absolute atomic E-state index is 13.6. The summed E-state index contributed by atoms with van der Waals surface area (Å²) in [6, 6.07) is 10.4. The predicted molar refractivity (Wildman–Crippen MR) is 148 cm³/mol. The zero-order valence-corrected chi connectivity index (χ0v) is 24.2. The van der Waals surface area contributed by atoms with Gasteiger partial charge in [-0.25, -0.2) is 0 Å². The van der Waals surface area contributed by atoms with E-state index in [0.717, 1.165) is 50.9 Å². The summed E-state index contributed by atoms with van der Waals surface area (Å²) in [4.78, 5) is 15.8. The van der Waals surface area contributed by atoms with Crippen LogP contribution in [0.25, 0.3) is 0 Å². The van der Waals surface area contributed by atoms with Crippen molar-refractivity contribution < 1.29 is 41.0 Å². The van der Waals surface area contributed by atoms with Crippen molar-refractivity contribution in [1.29, 1.82) is 0 Å². The molecule has 0 unspecified atom stereocenters. The van der Waals surface area contributed by atoms with Gasteiger partial charge < -0.3 is 20.1 Å². The molecular formula is C32H38F6N2O3. The fourth-order valence-corrected chi connectivity index (χ4v) is 6.95. The average Bonchev–Trinajstić information content (AvgIpc) is 3.42. The van der Waals surface area contributed by atoms with Crippen molar-refractivity contribution in [2.45, 2.75) is 93.3 Å².